The van der Waals surface area contributed by atoms with Gasteiger partial charge in [0.1, 0.15) is 18.1 Å². The van der Waals surface area contributed by atoms with Gasteiger partial charge in [0.15, 0.2) is 5.71 Å². The molecule has 2 heterocycles. The number of thiocarbonyl (C=S) groups is 1. The van der Waals surface area contributed by atoms with E-state index in [1.165, 1.54) is 11.1 Å². The van der Waals surface area contributed by atoms with Crippen molar-refractivity contribution in [1.29, 1.82) is 0 Å². The predicted octanol–water partition coefficient (Wildman–Crippen LogP) is 6.82. The number of hydrogen-bond acceptors (Lipinski definition) is 8. The standard InChI is InChI=1S/C45H51N3O7S3.Na/c1-44(2)37-16-5-7-18-39(37)47(28-9-11-30-57(49,50)51)41(44)26-20-33-14-13-15-34(43(33)55-36-24-22-35(23-25-36)46-32-56)21-27-42-45(3,4)38-17-6-8-19-40(38)48(42)29-10-12-31-58(52,53)54;/h5-8,16-27H,9-15,28-31H2,1-4H3,(H-,49,50,51,52,53,54);/q;+1/p+1. The van der Waals surface area contributed by atoms with Crippen molar-refractivity contribution in [3.63, 3.8) is 0 Å². The minimum absolute atomic E-state index is 0. The van der Waals surface area contributed by atoms with Crippen molar-refractivity contribution in [2.24, 2.45) is 4.99 Å². The second-order valence-electron chi connectivity index (χ2n) is 16.0. The number of nitrogens with zero attached hydrogens (tertiary/aromatic N) is 3. The van der Waals surface area contributed by atoms with Gasteiger partial charge in [-0.25, -0.2) is 0 Å². The summed E-state index contributed by atoms with van der Waals surface area (Å²) in [4.78, 5) is 6.36. The van der Waals surface area contributed by atoms with Gasteiger partial charge in [0, 0.05) is 47.5 Å². The summed E-state index contributed by atoms with van der Waals surface area (Å²) in [6, 6.07) is 24.0. The van der Waals surface area contributed by atoms with Crippen LogP contribution in [0.2, 0.25) is 0 Å². The van der Waals surface area contributed by atoms with Gasteiger partial charge >= 0.3 is 29.6 Å². The maximum Gasteiger partial charge on any atom is 1.00 e. The molecule has 0 amide bonds. The van der Waals surface area contributed by atoms with Crippen LogP contribution in [0.25, 0.3) is 0 Å². The molecule has 0 unspecified atom stereocenters. The second-order valence-corrected chi connectivity index (χ2v) is 19.4. The zero-order valence-corrected chi connectivity index (χ0v) is 39.0. The Labute approximate surface area is 377 Å². The summed E-state index contributed by atoms with van der Waals surface area (Å²) in [5, 5.41) is 2.41. The van der Waals surface area contributed by atoms with Gasteiger partial charge < -0.3 is 9.64 Å². The Morgan fingerprint density at radius 3 is 2.14 bits per heavy atom. The van der Waals surface area contributed by atoms with E-state index in [-0.39, 0.29) is 51.9 Å². The van der Waals surface area contributed by atoms with Crippen LogP contribution in [-0.4, -0.2) is 66.0 Å². The molecule has 0 spiro atoms. The van der Waals surface area contributed by atoms with E-state index < -0.39 is 20.2 Å². The van der Waals surface area contributed by atoms with E-state index in [2.05, 4.69) is 95.9 Å². The van der Waals surface area contributed by atoms with Crippen molar-refractivity contribution in [1.82, 2.24) is 0 Å². The van der Waals surface area contributed by atoms with Crippen LogP contribution in [0, 0.1) is 0 Å². The van der Waals surface area contributed by atoms with Crippen molar-refractivity contribution in [2.45, 2.75) is 83.5 Å². The van der Waals surface area contributed by atoms with E-state index in [1.54, 1.807) is 0 Å². The molecule has 0 radical (unpaired) electrons. The van der Waals surface area contributed by atoms with E-state index in [0.717, 1.165) is 59.0 Å². The molecular formula is C45H52N3NaO7S3+2. The van der Waals surface area contributed by atoms with E-state index in [1.807, 2.05) is 48.5 Å². The van der Waals surface area contributed by atoms with Crippen LogP contribution in [0.3, 0.4) is 0 Å². The summed E-state index contributed by atoms with van der Waals surface area (Å²) in [5.41, 5.74) is 8.81. The topological polar surface area (TPSA) is 137 Å². The van der Waals surface area contributed by atoms with Crippen molar-refractivity contribution in [3.05, 3.63) is 131 Å². The van der Waals surface area contributed by atoms with Crippen LogP contribution in [0.5, 0.6) is 5.75 Å². The Morgan fingerprint density at radius 2 is 1.46 bits per heavy atom. The van der Waals surface area contributed by atoms with Gasteiger partial charge in [-0.3, -0.25) is 9.11 Å². The minimum atomic E-state index is -4.04. The first-order valence-electron chi connectivity index (χ1n) is 19.7. The first-order chi connectivity index (χ1) is 27.5. The maximum absolute atomic E-state index is 11.5. The first-order valence-corrected chi connectivity index (χ1v) is 23.3. The summed E-state index contributed by atoms with van der Waals surface area (Å²) in [5.74, 6) is 0.876. The monoisotopic (exact) mass is 865 g/mol. The van der Waals surface area contributed by atoms with Crippen molar-refractivity contribution >= 4 is 60.4 Å². The third kappa shape index (κ3) is 11.3. The molecule has 2 aliphatic heterocycles. The van der Waals surface area contributed by atoms with Gasteiger partial charge in [0.2, 0.25) is 5.69 Å². The smallest absolute Gasteiger partial charge is 0.457 e. The average Bonchev–Trinajstić information content (AvgIpc) is 3.52. The quantitative estimate of drug-likeness (QED) is 0.0397. The molecule has 0 atom stereocenters. The third-order valence-electron chi connectivity index (χ3n) is 11.3. The van der Waals surface area contributed by atoms with E-state index in [4.69, 9.17) is 17.0 Å². The molecule has 3 aliphatic rings. The molecular weight excluding hydrogens is 814 g/mol. The summed E-state index contributed by atoms with van der Waals surface area (Å²) in [7, 11) is -8.08. The minimum Gasteiger partial charge on any atom is -0.457 e. The molecule has 1 aliphatic carbocycles. The van der Waals surface area contributed by atoms with Gasteiger partial charge in [0.25, 0.3) is 20.2 Å². The molecule has 10 nitrogen and oxygen atoms in total. The summed E-state index contributed by atoms with van der Waals surface area (Å²) >= 11 is 4.81. The van der Waals surface area contributed by atoms with E-state index in [9.17, 15) is 25.9 Å². The zero-order chi connectivity index (χ0) is 41.7. The van der Waals surface area contributed by atoms with Crippen molar-refractivity contribution in [3.8, 4) is 5.75 Å². The zero-order valence-electron chi connectivity index (χ0n) is 34.5. The summed E-state index contributed by atoms with van der Waals surface area (Å²) in [6.07, 6.45) is 13.0. The second kappa shape index (κ2) is 19.5. The number of aliphatic imine (C=N–C) groups is 1. The van der Waals surface area contributed by atoms with Gasteiger partial charge in [-0.05, 0) is 124 Å². The van der Waals surface area contributed by atoms with Crippen LogP contribution in [-0.2, 0) is 31.1 Å². The molecule has 2 N–H and O–H groups in total. The normalized spacial score (nSPS) is 18.6. The number of anilines is 1. The Bertz CT molecular complexity index is 2480. The van der Waals surface area contributed by atoms with Gasteiger partial charge in [-0.1, -0.05) is 56.3 Å². The Balaban J connectivity index is 0.00000661. The first kappa shape index (κ1) is 46.6. The third-order valence-corrected chi connectivity index (χ3v) is 13.0. The molecule has 14 heteroatoms. The van der Waals surface area contributed by atoms with Crippen LogP contribution >= 0.6 is 12.2 Å². The Hall–Kier alpha value is -3.49. The molecule has 3 aromatic rings. The Morgan fingerprint density at radius 1 is 0.814 bits per heavy atom. The number of fused-ring (bicyclic) bond motifs is 2. The fraction of sp³-hybridized carbons (Fsp3) is 0.378. The molecule has 59 heavy (non-hydrogen) atoms. The van der Waals surface area contributed by atoms with E-state index in [0.29, 0.717) is 50.2 Å². The summed E-state index contributed by atoms with van der Waals surface area (Å²) < 4.78 is 73.6. The Kier molecular flexibility index (Phi) is 15.4. The number of isothiocyanates is 1. The number of unbranched alkanes of at least 4 members (excludes halogenated alkanes) is 2. The molecule has 0 fully saturated rings. The van der Waals surface area contributed by atoms with Crippen molar-refractivity contribution < 1.29 is 64.8 Å². The number of ether oxygens (including phenoxy) is 1. The van der Waals surface area contributed by atoms with E-state index >= 15 is 0 Å². The molecule has 6 rings (SSSR count). The van der Waals surface area contributed by atoms with Crippen LogP contribution in [0.4, 0.5) is 17.1 Å². The number of allylic oxidation sites excluding steroid dienone is 7. The van der Waals surface area contributed by atoms with Crippen LogP contribution in [0.15, 0.2) is 125 Å². The van der Waals surface area contributed by atoms with Crippen molar-refractivity contribution in [2.75, 3.05) is 29.5 Å². The predicted molar refractivity (Wildman–Crippen MR) is 235 cm³/mol. The molecule has 306 valence electrons. The molecule has 0 saturated heterocycles. The molecule has 0 aromatic heterocycles. The van der Waals surface area contributed by atoms with Crippen LogP contribution in [0.1, 0.15) is 83.8 Å². The molecule has 3 aromatic carbocycles. The number of benzene rings is 3. The largest absolute Gasteiger partial charge is 1.00 e. The maximum atomic E-state index is 11.5. The number of rotatable bonds is 16. The fourth-order valence-electron chi connectivity index (χ4n) is 8.34. The number of para-hydroxylation sites is 2. The van der Waals surface area contributed by atoms with Crippen LogP contribution < -0.4 is 39.2 Å². The average molecular weight is 866 g/mol. The van der Waals surface area contributed by atoms with Gasteiger partial charge in [-0.2, -0.15) is 26.4 Å². The number of hydrogen-bond donors (Lipinski definition) is 2. The van der Waals surface area contributed by atoms with Gasteiger partial charge in [-0.15, -0.1) is 0 Å². The molecule has 0 bridgehead atoms. The molecule has 0 saturated carbocycles. The fourth-order valence-corrected chi connectivity index (χ4v) is 9.59. The van der Waals surface area contributed by atoms with Gasteiger partial charge in [0.05, 0.1) is 27.8 Å². The SMILES string of the molecule is CC1(C)C(=CC=C2CCCC(C=CC3=[N+](CCCCS(=O)(=O)O)c4ccccc4C3(C)C)=C2Oc2ccc(N=C=S)cc2)N(CCCCS(=O)(=O)O)c2ccccc21.[Na+]. The summed E-state index contributed by atoms with van der Waals surface area (Å²) in [6.45, 7) is 10.00.